The lowest BCUT2D eigenvalue weighted by atomic mass is 9.77. The molecule has 0 aliphatic rings. The van der Waals surface area contributed by atoms with Crippen molar-refractivity contribution in [3.8, 4) is 0 Å². The number of fused-ring (bicyclic) bond motifs is 1. The van der Waals surface area contributed by atoms with Gasteiger partial charge < -0.3 is 14.0 Å². The van der Waals surface area contributed by atoms with E-state index in [1.807, 2.05) is 22.9 Å². The van der Waals surface area contributed by atoms with E-state index in [-0.39, 0.29) is 17.9 Å². The van der Waals surface area contributed by atoms with Crippen molar-refractivity contribution in [3.63, 3.8) is 0 Å². The van der Waals surface area contributed by atoms with Crippen molar-refractivity contribution in [2.45, 2.75) is 18.9 Å². The number of esters is 1. The molecule has 6 heteroatoms. The Morgan fingerprint density at radius 3 is 2.62 bits per heavy atom. The standard InChI is InChI=1S/C20H21IN2O3/c1-20(13-25-2,14-6-8-15(21)9-7-14)17-11-23(12-18(24)26-3)19-16(17)5-4-10-22-19/h4-11H,12-13H2,1-3H3. The number of hydrogen-bond donors (Lipinski definition) is 0. The van der Waals surface area contributed by atoms with Gasteiger partial charge in [0.15, 0.2) is 0 Å². The zero-order valence-corrected chi connectivity index (χ0v) is 17.2. The molecule has 0 bridgehead atoms. The van der Waals surface area contributed by atoms with Crippen LogP contribution < -0.4 is 0 Å². The Labute approximate surface area is 166 Å². The first-order valence-corrected chi connectivity index (χ1v) is 9.33. The van der Waals surface area contributed by atoms with Gasteiger partial charge in [-0.3, -0.25) is 4.79 Å². The smallest absolute Gasteiger partial charge is 0.325 e. The molecule has 136 valence electrons. The molecule has 5 nitrogen and oxygen atoms in total. The van der Waals surface area contributed by atoms with Gasteiger partial charge in [-0.2, -0.15) is 0 Å². The second kappa shape index (κ2) is 7.75. The van der Waals surface area contributed by atoms with Gasteiger partial charge in [-0.05, 0) is 64.9 Å². The summed E-state index contributed by atoms with van der Waals surface area (Å²) in [6, 6.07) is 12.4. The highest BCUT2D eigenvalue weighted by Gasteiger charge is 2.33. The Balaban J connectivity index is 2.20. The predicted octanol–water partition coefficient (Wildman–Crippen LogP) is 3.77. The average Bonchev–Trinajstić information content (AvgIpc) is 3.01. The lowest BCUT2D eigenvalue weighted by Crippen LogP contribution is -2.29. The van der Waals surface area contributed by atoms with Crippen LogP contribution in [0.5, 0.6) is 0 Å². The number of ether oxygens (including phenoxy) is 2. The van der Waals surface area contributed by atoms with Crippen LogP contribution in [0.25, 0.3) is 11.0 Å². The summed E-state index contributed by atoms with van der Waals surface area (Å²) in [6.45, 7) is 2.79. The van der Waals surface area contributed by atoms with Crippen LogP contribution in [-0.4, -0.2) is 36.3 Å². The fraction of sp³-hybridized carbons (Fsp3) is 0.300. The second-order valence-electron chi connectivity index (χ2n) is 6.39. The molecule has 2 aromatic heterocycles. The molecule has 0 radical (unpaired) electrons. The summed E-state index contributed by atoms with van der Waals surface area (Å²) in [5.41, 5.74) is 2.62. The third-order valence-corrected chi connectivity index (χ3v) is 5.39. The van der Waals surface area contributed by atoms with Crippen LogP contribution in [0.2, 0.25) is 0 Å². The molecule has 0 N–H and O–H groups in total. The summed E-state index contributed by atoms with van der Waals surface area (Å²) < 4.78 is 13.4. The van der Waals surface area contributed by atoms with Gasteiger partial charge in [0, 0.05) is 33.9 Å². The van der Waals surface area contributed by atoms with Crippen LogP contribution >= 0.6 is 22.6 Å². The summed E-state index contributed by atoms with van der Waals surface area (Å²) in [4.78, 5) is 16.3. The van der Waals surface area contributed by atoms with E-state index in [0.717, 1.165) is 22.2 Å². The molecule has 0 saturated carbocycles. The van der Waals surface area contributed by atoms with Crippen LogP contribution in [0.1, 0.15) is 18.1 Å². The van der Waals surface area contributed by atoms with Gasteiger partial charge in [0.1, 0.15) is 12.2 Å². The SMILES string of the molecule is COCC(C)(c1ccc(I)cc1)c1cn(CC(=O)OC)c2ncccc12. The van der Waals surface area contributed by atoms with E-state index in [4.69, 9.17) is 9.47 Å². The summed E-state index contributed by atoms with van der Waals surface area (Å²) in [5, 5.41) is 1.01. The van der Waals surface area contributed by atoms with Gasteiger partial charge in [0.05, 0.1) is 13.7 Å². The molecule has 1 aromatic carbocycles. The van der Waals surface area contributed by atoms with E-state index in [1.54, 1.807) is 13.3 Å². The number of methoxy groups -OCH3 is 2. The molecule has 0 amide bonds. The average molecular weight is 464 g/mol. The van der Waals surface area contributed by atoms with E-state index in [1.165, 1.54) is 10.7 Å². The van der Waals surface area contributed by atoms with Gasteiger partial charge in [0.2, 0.25) is 0 Å². The number of pyridine rings is 1. The second-order valence-corrected chi connectivity index (χ2v) is 7.64. The highest BCUT2D eigenvalue weighted by atomic mass is 127. The molecule has 0 fully saturated rings. The molecule has 1 atom stereocenters. The minimum Gasteiger partial charge on any atom is -0.468 e. The van der Waals surface area contributed by atoms with Crippen LogP contribution in [0.15, 0.2) is 48.8 Å². The Hall–Kier alpha value is -1.93. The fourth-order valence-corrected chi connectivity index (χ4v) is 3.67. The van der Waals surface area contributed by atoms with Gasteiger partial charge in [-0.15, -0.1) is 0 Å². The van der Waals surface area contributed by atoms with Crippen molar-refractivity contribution in [2.75, 3.05) is 20.8 Å². The van der Waals surface area contributed by atoms with Crippen molar-refractivity contribution in [1.29, 1.82) is 0 Å². The topological polar surface area (TPSA) is 53.4 Å². The number of nitrogens with zero attached hydrogens (tertiary/aromatic N) is 2. The number of carbonyl (C=O) groups excluding carboxylic acids is 1. The third kappa shape index (κ3) is 3.48. The van der Waals surface area contributed by atoms with Crippen molar-refractivity contribution < 1.29 is 14.3 Å². The maximum Gasteiger partial charge on any atom is 0.325 e. The van der Waals surface area contributed by atoms with E-state index < -0.39 is 0 Å². The summed E-state index contributed by atoms with van der Waals surface area (Å²) in [5.74, 6) is -0.304. The number of aromatic nitrogens is 2. The largest absolute Gasteiger partial charge is 0.468 e. The minimum atomic E-state index is -0.373. The van der Waals surface area contributed by atoms with Crippen LogP contribution in [0, 0.1) is 3.57 Å². The number of hydrogen-bond acceptors (Lipinski definition) is 4. The van der Waals surface area contributed by atoms with Crippen LogP contribution in [0.4, 0.5) is 0 Å². The van der Waals surface area contributed by atoms with Crippen molar-refractivity contribution in [1.82, 2.24) is 9.55 Å². The Bertz CT molecular complexity index is 920. The maximum atomic E-state index is 11.8. The van der Waals surface area contributed by atoms with E-state index >= 15 is 0 Å². The van der Waals surface area contributed by atoms with E-state index in [9.17, 15) is 4.79 Å². The van der Waals surface area contributed by atoms with Crippen LogP contribution in [-0.2, 0) is 26.2 Å². The highest BCUT2D eigenvalue weighted by Crippen LogP contribution is 2.37. The zero-order valence-electron chi connectivity index (χ0n) is 15.0. The van der Waals surface area contributed by atoms with Gasteiger partial charge >= 0.3 is 5.97 Å². The van der Waals surface area contributed by atoms with Gasteiger partial charge in [0.25, 0.3) is 0 Å². The number of benzene rings is 1. The lowest BCUT2D eigenvalue weighted by molar-refractivity contribution is -0.141. The molecule has 3 rings (SSSR count). The monoisotopic (exact) mass is 464 g/mol. The summed E-state index contributed by atoms with van der Waals surface area (Å²) in [6.07, 6.45) is 3.73. The van der Waals surface area contributed by atoms with Crippen molar-refractivity contribution in [3.05, 3.63) is 63.5 Å². The highest BCUT2D eigenvalue weighted by molar-refractivity contribution is 14.1. The molecule has 3 aromatic rings. The molecule has 26 heavy (non-hydrogen) atoms. The first-order valence-electron chi connectivity index (χ1n) is 8.25. The first kappa shape index (κ1) is 18.8. The lowest BCUT2D eigenvalue weighted by Gasteiger charge is -2.29. The summed E-state index contributed by atoms with van der Waals surface area (Å²) >= 11 is 2.30. The molecule has 2 heterocycles. The maximum absolute atomic E-state index is 11.8. The molecule has 0 spiro atoms. The Morgan fingerprint density at radius 2 is 1.96 bits per heavy atom. The number of rotatable bonds is 6. The molecule has 0 aliphatic heterocycles. The summed E-state index contributed by atoms with van der Waals surface area (Å²) in [7, 11) is 3.10. The quantitative estimate of drug-likeness (QED) is 0.412. The third-order valence-electron chi connectivity index (χ3n) is 4.67. The molecular weight excluding hydrogens is 443 g/mol. The normalized spacial score (nSPS) is 13.5. The number of halogens is 1. The van der Waals surface area contributed by atoms with Crippen LogP contribution in [0.3, 0.4) is 0 Å². The van der Waals surface area contributed by atoms with Crippen molar-refractivity contribution >= 4 is 39.6 Å². The minimum absolute atomic E-state index is 0.125. The van der Waals surface area contributed by atoms with Crippen molar-refractivity contribution in [2.24, 2.45) is 0 Å². The first-order chi connectivity index (χ1) is 12.5. The van der Waals surface area contributed by atoms with Gasteiger partial charge in [-0.1, -0.05) is 12.1 Å². The molecular formula is C20H21IN2O3. The fourth-order valence-electron chi connectivity index (χ4n) is 3.31. The predicted molar refractivity (Wildman–Crippen MR) is 109 cm³/mol. The zero-order chi connectivity index (χ0) is 18.7. The van der Waals surface area contributed by atoms with E-state index in [0.29, 0.717) is 6.61 Å². The molecule has 0 saturated heterocycles. The molecule has 1 unspecified atom stereocenters. The Morgan fingerprint density at radius 1 is 1.23 bits per heavy atom. The Kier molecular flexibility index (Phi) is 5.62. The van der Waals surface area contributed by atoms with Gasteiger partial charge in [-0.25, -0.2) is 4.98 Å². The number of carbonyl (C=O) groups is 1. The molecule has 0 aliphatic carbocycles. The van der Waals surface area contributed by atoms with E-state index in [2.05, 4.69) is 58.8 Å².